The standard InChI is InChI=1S/C5H4Cl2N2O/c6-4-1-5(7,2-10)9-3-8-4/h1-3H,(H,8,9). The van der Waals surface area contributed by atoms with Gasteiger partial charge in [-0.3, -0.25) is 4.79 Å². The van der Waals surface area contributed by atoms with Gasteiger partial charge in [-0.1, -0.05) is 23.2 Å². The molecule has 3 nitrogen and oxygen atoms in total. The van der Waals surface area contributed by atoms with E-state index in [0.29, 0.717) is 11.4 Å². The first kappa shape index (κ1) is 7.57. The lowest BCUT2D eigenvalue weighted by atomic mass is 10.3. The average molecular weight is 179 g/mol. The number of carbonyl (C=O) groups excluding carboxylic acids is 1. The molecule has 1 unspecified atom stereocenters. The van der Waals surface area contributed by atoms with E-state index in [1.165, 1.54) is 12.4 Å². The van der Waals surface area contributed by atoms with E-state index in [1.54, 1.807) is 0 Å². The topological polar surface area (TPSA) is 41.5 Å². The van der Waals surface area contributed by atoms with E-state index in [1.807, 2.05) is 0 Å². The lowest BCUT2D eigenvalue weighted by molar-refractivity contribution is -0.108. The molecule has 0 aromatic carbocycles. The van der Waals surface area contributed by atoms with Gasteiger partial charge in [0.1, 0.15) is 5.16 Å². The molecule has 0 saturated carbocycles. The number of aldehydes is 1. The van der Waals surface area contributed by atoms with E-state index < -0.39 is 5.00 Å². The van der Waals surface area contributed by atoms with Crippen LogP contribution in [-0.4, -0.2) is 17.6 Å². The molecule has 0 amide bonds. The van der Waals surface area contributed by atoms with Crippen molar-refractivity contribution >= 4 is 35.8 Å². The normalized spacial score (nSPS) is 30.8. The zero-order valence-corrected chi connectivity index (χ0v) is 6.36. The van der Waals surface area contributed by atoms with Gasteiger partial charge in [0.2, 0.25) is 5.00 Å². The van der Waals surface area contributed by atoms with Crippen molar-refractivity contribution in [3.05, 3.63) is 11.2 Å². The molecule has 1 heterocycles. The van der Waals surface area contributed by atoms with Gasteiger partial charge in [0, 0.05) is 6.08 Å². The average Bonchev–Trinajstić information content (AvgIpc) is 1.88. The predicted molar refractivity (Wildman–Crippen MR) is 40.2 cm³/mol. The van der Waals surface area contributed by atoms with Crippen LogP contribution >= 0.6 is 23.2 Å². The maximum atomic E-state index is 10.3. The number of carbonyl (C=O) groups is 1. The highest BCUT2D eigenvalue weighted by molar-refractivity contribution is 6.36. The van der Waals surface area contributed by atoms with Crippen LogP contribution in [0.2, 0.25) is 0 Å². The molecular weight excluding hydrogens is 175 g/mol. The molecule has 0 aromatic rings. The third kappa shape index (κ3) is 1.49. The van der Waals surface area contributed by atoms with E-state index in [0.717, 1.165) is 0 Å². The van der Waals surface area contributed by atoms with Crippen LogP contribution < -0.4 is 5.32 Å². The van der Waals surface area contributed by atoms with E-state index in [9.17, 15) is 4.79 Å². The largest absolute Gasteiger partial charge is 0.337 e. The maximum absolute atomic E-state index is 10.3. The maximum Gasteiger partial charge on any atom is 0.211 e. The van der Waals surface area contributed by atoms with E-state index >= 15 is 0 Å². The summed E-state index contributed by atoms with van der Waals surface area (Å²) in [6.07, 6.45) is 3.11. The van der Waals surface area contributed by atoms with Crippen LogP contribution in [0.15, 0.2) is 16.2 Å². The molecule has 0 aliphatic carbocycles. The molecule has 1 aliphatic heterocycles. The summed E-state index contributed by atoms with van der Waals surface area (Å²) in [5, 5.41) is 2.87. The van der Waals surface area contributed by atoms with Crippen LogP contribution in [0.25, 0.3) is 0 Å². The van der Waals surface area contributed by atoms with Gasteiger partial charge in [0.15, 0.2) is 6.29 Å². The Morgan fingerprint density at radius 1 is 1.80 bits per heavy atom. The number of hydrogen-bond acceptors (Lipinski definition) is 3. The Kier molecular flexibility index (Phi) is 1.97. The third-order valence-corrected chi connectivity index (χ3v) is 1.47. The van der Waals surface area contributed by atoms with E-state index in [-0.39, 0.29) is 0 Å². The van der Waals surface area contributed by atoms with Crippen molar-refractivity contribution in [1.82, 2.24) is 5.32 Å². The number of rotatable bonds is 1. The van der Waals surface area contributed by atoms with Gasteiger partial charge in [0.25, 0.3) is 0 Å². The molecule has 0 spiro atoms. The van der Waals surface area contributed by atoms with Crippen molar-refractivity contribution in [3.8, 4) is 0 Å². The SMILES string of the molecule is O=CC1(Cl)C=C(Cl)NC=N1. The second kappa shape index (κ2) is 2.60. The minimum Gasteiger partial charge on any atom is -0.337 e. The van der Waals surface area contributed by atoms with Crippen LogP contribution in [0.1, 0.15) is 0 Å². The Balaban J connectivity index is 2.87. The molecule has 1 rings (SSSR count). The number of hydrogen-bond donors (Lipinski definition) is 1. The van der Waals surface area contributed by atoms with E-state index in [4.69, 9.17) is 23.2 Å². The first-order chi connectivity index (χ1) is 4.66. The van der Waals surface area contributed by atoms with Gasteiger partial charge in [-0.25, -0.2) is 4.99 Å². The summed E-state index contributed by atoms with van der Waals surface area (Å²) in [6, 6.07) is 0. The number of halogens is 2. The first-order valence-electron chi connectivity index (χ1n) is 2.50. The fourth-order valence-electron chi connectivity index (χ4n) is 0.514. The molecule has 54 valence electrons. The number of alkyl halides is 1. The lowest BCUT2D eigenvalue weighted by Crippen LogP contribution is -2.26. The molecule has 1 aliphatic rings. The molecule has 1 atom stereocenters. The molecule has 0 bridgehead atoms. The van der Waals surface area contributed by atoms with Crippen molar-refractivity contribution in [3.63, 3.8) is 0 Å². The van der Waals surface area contributed by atoms with Gasteiger partial charge in [0.05, 0.1) is 6.34 Å². The molecule has 5 heteroatoms. The van der Waals surface area contributed by atoms with Crippen LogP contribution in [0, 0.1) is 0 Å². The summed E-state index contributed by atoms with van der Waals surface area (Å²) in [4.78, 5) is 12.6. The van der Waals surface area contributed by atoms with Crippen LogP contribution in [0.4, 0.5) is 0 Å². The zero-order valence-electron chi connectivity index (χ0n) is 4.84. The van der Waals surface area contributed by atoms with Crippen molar-refractivity contribution < 1.29 is 4.79 Å². The highest BCUT2D eigenvalue weighted by Gasteiger charge is 2.24. The first-order valence-corrected chi connectivity index (χ1v) is 3.26. The van der Waals surface area contributed by atoms with E-state index in [2.05, 4.69) is 10.3 Å². The number of aliphatic imine (C=N–C) groups is 1. The summed E-state index contributed by atoms with van der Waals surface area (Å²) < 4.78 is 0. The molecule has 10 heavy (non-hydrogen) atoms. The fraction of sp³-hybridized carbons (Fsp3) is 0.200. The molecule has 0 fully saturated rings. The summed E-state index contributed by atoms with van der Waals surface area (Å²) in [5.74, 6) is 0. The molecule has 1 N–H and O–H groups in total. The molecule has 0 aromatic heterocycles. The second-order valence-electron chi connectivity index (χ2n) is 1.74. The van der Waals surface area contributed by atoms with Crippen LogP contribution in [0.5, 0.6) is 0 Å². The molecule has 0 saturated heterocycles. The highest BCUT2D eigenvalue weighted by atomic mass is 35.5. The molecular formula is C5H4Cl2N2O. The minimum atomic E-state index is -1.30. The van der Waals surface area contributed by atoms with Crippen LogP contribution in [-0.2, 0) is 4.79 Å². The van der Waals surface area contributed by atoms with Gasteiger partial charge in [-0.15, -0.1) is 0 Å². The Morgan fingerprint density at radius 3 is 2.90 bits per heavy atom. The summed E-state index contributed by atoms with van der Waals surface area (Å²) in [6.45, 7) is 0. The minimum absolute atomic E-state index is 0.303. The quantitative estimate of drug-likeness (QED) is 0.368. The molecule has 0 radical (unpaired) electrons. The van der Waals surface area contributed by atoms with Gasteiger partial charge in [-0.2, -0.15) is 0 Å². The van der Waals surface area contributed by atoms with Gasteiger partial charge in [-0.05, 0) is 0 Å². The Hall–Kier alpha value is -0.540. The second-order valence-corrected chi connectivity index (χ2v) is 2.75. The lowest BCUT2D eigenvalue weighted by Gasteiger charge is -2.14. The Labute approximate surface area is 67.7 Å². The Morgan fingerprint density at radius 2 is 2.50 bits per heavy atom. The van der Waals surface area contributed by atoms with Crippen molar-refractivity contribution in [2.45, 2.75) is 5.00 Å². The Bertz CT molecular complexity index is 214. The smallest absolute Gasteiger partial charge is 0.211 e. The van der Waals surface area contributed by atoms with Crippen molar-refractivity contribution in [2.24, 2.45) is 4.99 Å². The summed E-state index contributed by atoms with van der Waals surface area (Å²) in [5.41, 5.74) is 0. The summed E-state index contributed by atoms with van der Waals surface area (Å²) >= 11 is 11.1. The van der Waals surface area contributed by atoms with Gasteiger partial charge < -0.3 is 5.32 Å². The van der Waals surface area contributed by atoms with Crippen molar-refractivity contribution in [2.75, 3.05) is 0 Å². The monoisotopic (exact) mass is 178 g/mol. The van der Waals surface area contributed by atoms with Crippen LogP contribution in [0.3, 0.4) is 0 Å². The zero-order chi connectivity index (χ0) is 7.61. The number of nitrogens with one attached hydrogen (secondary N) is 1. The number of nitrogens with zero attached hydrogens (tertiary/aromatic N) is 1. The van der Waals surface area contributed by atoms with Gasteiger partial charge >= 0.3 is 0 Å². The predicted octanol–water partition coefficient (Wildman–Crippen LogP) is 0.832. The summed E-state index contributed by atoms with van der Waals surface area (Å²) in [7, 11) is 0. The fourth-order valence-corrected chi connectivity index (χ4v) is 0.943. The van der Waals surface area contributed by atoms with Crippen molar-refractivity contribution in [1.29, 1.82) is 0 Å². The third-order valence-electron chi connectivity index (χ3n) is 0.959. The highest BCUT2D eigenvalue weighted by Crippen LogP contribution is 2.20.